The van der Waals surface area contributed by atoms with E-state index < -0.39 is 0 Å². The Hall–Kier alpha value is -1.08. The van der Waals surface area contributed by atoms with Crippen LogP contribution in [0.25, 0.3) is 21.1 Å². The summed E-state index contributed by atoms with van der Waals surface area (Å²) in [6.07, 6.45) is 0. The summed E-state index contributed by atoms with van der Waals surface area (Å²) in [5.41, 5.74) is 1.85. The number of ether oxygens (including phenoxy) is 2. The number of benzene rings is 1. The first-order valence-electron chi connectivity index (χ1n) is 6.15. The van der Waals surface area contributed by atoms with Gasteiger partial charge < -0.3 is 9.47 Å². The zero-order valence-electron chi connectivity index (χ0n) is 11.8. The first kappa shape index (κ1) is 17.3. The van der Waals surface area contributed by atoms with Crippen molar-refractivity contribution in [2.24, 2.45) is 0 Å². The van der Waals surface area contributed by atoms with Gasteiger partial charge in [0.2, 0.25) is 0 Å². The van der Waals surface area contributed by atoms with Gasteiger partial charge in [0.1, 0.15) is 5.01 Å². The van der Waals surface area contributed by atoms with Crippen LogP contribution in [-0.4, -0.2) is 19.2 Å². The molecule has 3 rings (SSSR count). The van der Waals surface area contributed by atoms with Crippen LogP contribution in [-0.2, 0) is 0 Å². The van der Waals surface area contributed by atoms with E-state index in [0.29, 0.717) is 11.5 Å². The van der Waals surface area contributed by atoms with E-state index in [2.05, 4.69) is 4.98 Å². The summed E-state index contributed by atoms with van der Waals surface area (Å²) in [6, 6.07) is 9.64. The van der Waals surface area contributed by atoms with Gasteiger partial charge in [0, 0.05) is 5.38 Å². The van der Waals surface area contributed by atoms with E-state index in [1.165, 1.54) is 11.3 Å². The van der Waals surface area contributed by atoms with Crippen molar-refractivity contribution in [3.05, 3.63) is 40.0 Å². The van der Waals surface area contributed by atoms with Crippen molar-refractivity contribution in [2.45, 2.75) is 0 Å². The van der Waals surface area contributed by atoms with Gasteiger partial charge in [-0.3, -0.25) is 0 Å². The zero-order chi connectivity index (χ0) is 14.8. The van der Waals surface area contributed by atoms with Crippen LogP contribution >= 0.6 is 51.3 Å². The van der Waals surface area contributed by atoms with Gasteiger partial charge in [-0.15, -0.1) is 39.7 Å². The summed E-state index contributed by atoms with van der Waals surface area (Å²) in [5.74, 6) is 1.40. The third kappa shape index (κ3) is 3.30. The van der Waals surface area contributed by atoms with Crippen molar-refractivity contribution in [1.82, 2.24) is 4.98 Å². The molecule has 0 aliphatic rings. The average Bonchev–Trinajstić information content (AvgIpc) is 3.14. The van der Waals surface area contributed by atoms with Gasteiger partial charge in [-0.2, -0.15) is 0 Å². The molecule has 0 bridgehead atoms. The predicted molar refractivity (Wildman–Crippen MR) is 99.3 cm³/mol. The van der Waals surface area contributed by atoms with Gasteiger partial charge in [0.25, 0.3) is 0 Å². The van der Waals surface area contributed by atoms with Crippen LogP contribution in [0, 0.1) is 0 Å². The quantitative estimate of drug-likeness (QED) is 0.537. The molecule has 2 heterocycles. The Labute approximate surface area is 152 Å². The molecule has 22 heavy (non-hydrogen) atoms. The lowest BCUT2D eigenvalue weighted by Crippen LogP contribution is -1.92. The zero-order valence-corrected chi connectivity index (χ0v) is 15.9. The summed E-state index contributed by atoms with van der Waals surface area (Å²) in [4.78, 5) is 5.74. The molecule has 3 nitrogen and oxygen atoms in total. The second-order valence-electron chi connectivity index (χ2n) is 4.18. The topological polar surface area (TPSA) is 31.4 Å². The molecule has 0 atom stereocenters. The lowest BCUT2D eigenvalue weighted by molar-refractivity contribution is 0.356. The third-order valence-corrected chi connectivity index (χ3v) is 5.09. The Balaban J connectivity index is 0.00000176. The molecule has 0 amide bonds. The minimum absolute atomic E-state index is 0. The van der Waals surface area contributed by atoms with Gasteiger partial charge in [-0.05, 0) is 24.3 Å². The van der Waals surface area contributed by atoms with Gasteiger partial charge in [0.05, 0.1) is 34.7 Å². The second-order valence-corrected chi connectivity index (χ2v) is 6.76. The van der Waals surface area contributed by atoms with E-state index in [4.69, 9.17) is 21.1 Å². The van der Waals surface area contributed by atoms with Crippen molar-refractivity contribution >= 4 is 51.3 Å². The fourth-order valence-corrected chi connectivity index (χ4v) is 3.94. The largest absolute Gasteiger partial charge is 0.493 e. The highest BCUT2D eigenvalue weighted by molar-refractivity contribution is 8.93. The molecule has 3 aromatic rings. The molecule has 116 valence electrons. The molecule has 0 fully saturated rings. The van der Waals surface area contributed by atoms with Crippen LogP contribution < -0.4 is 9.47 Å². The summed E-state index contributed by atoms with van der Waals surface area (Å²) in [6.45, 7) is 0. The van der Waals surface area contributed by atoms with E-state index in [9.17, 15) is 0 Å². The highest BCUT2D eigenvalue weighted by Gasteiger charge is 2.15. The van der Waals surface area contributed by atoms with Gasteiger partial charge >= 0.3 is 0 Å². The molecule has 0 spiro atoms. The first-order valence-corrected chi connectivity index (χ1v) is 8.23. The number of methoxy groups -OCH3 is 2. The smallest absolute Gasteiger partial charge is 0.170 e. The maximum Gasteiger partial charge on any atom is 0.170 e. The molecule has 0 aliphatic carbocycles. The number of para-hydroxylation sites is 1. The molecule has 0 radical (unpaired) electrons. The molecular formula is C15H13BrClNO2S2. The van der Waals surface area contributed by atoms with Crippen molar-refractivity contribution in [2.75, 3.05) is 14.2 Å². The molecular weight excluding hydrogens is 406 g/mol. The van der Waals surface area contributed by atoms with E-state index >= 15 is 0 Å². The number of hydrogen-bond donors (Lipinski definition) is 0. The second kappa shape index (κ2) is 7.46. The molecule has 0 N–H and O–H groups in total. The van der Waals surface area contributed by atoms with Crippen molar-refractivity contribution in [3.63, 3.8) is 0 Å². The number of nitrogens with zero attached hydrogens (tertiary/aromatic N) is 1. The highest BCUT2D eigenvalue weighted by Crippen LogP contribution is 2.41. The Kier molecular flexibility index (Phi) is 5.86. The van der Waals surface area contributed by atoms with Crippen LogP contribution in [0.4, 0.5) is 0 Å². The molecule has 2 aromatic heterocycles. The molecule has 7 heteroatoms. The molecule has 1 aromatic carbocycles. The van der Waals surface area contributed by atoms with Crippen LogP contribution in [0.3, 0.4) is 0 Å². The first-order chi connectivity index (χ1) is 10.2. The summed E-state index contributed by atoms with van der Waals surface area (Å²) in [5, 5.41) is 2.92. The predicted octanol–water partition coefficient (Wildman–Crippen LogP) is 5.79. The van der Waals surface area contributed by atoms with Crippen LogP contribution in [0.5, 0.6) is 11.5 Å². The normalized spacial score (nSPS) is 10.1. The number of hydrogen-bond acceptors (Lipinski definition) is 5. The monoisotopic (exact) mass is 417 g/mol. The number of rotatable bonds is 4. The number of thiophene rings is 1. The Morgan fingerprint density at radius 3 is 2.55 bits per heavy atom. The Morgan fingerprint density at radius 1 is 1.09 bits per heavy atom. The van der Waals surface area contributed by atoms with E-state index in [0.717, 1.165) is 25.5 Å². The average molecular weight is 419 g/mol. The highest BCUT2D eigenvalue weighted by atomic mass is 79.9. The van der Waals surface area contributed by atoms with E-state index in [1.807, 2.05) is 35.7 Å². The number of halogens is 2. The summed E-state index contributed by atoms with van der Waals surface area (Å²) in [7, 11) is 3.26. The SMILES string of the molecule is Br.COc1cccc(-c2nc(-c3ccc(Cl)s3)cs2)c1OC. The van der Waals surface area contributed by atoms with Gasteiger partial charge in [-0.25, -0.2) is 4.98 Å². The van der Waals surface area contributed by atoms with Crippen LogP contribution in [0.2, 0.25) is 4.34 Å². The van der Waals surface area contributed by atoms with Gasteiger partial charge in [-0.1, -0.05) is 17.7 Å². The number of thiazole rings is 1. The van der Waals surface area contributed by atoms with E-state index in [1.54, 1.807) is 25.6 Å². The molecule has 0 saturated carbocycles. The maximum atomic E-state index is 5.98. The lowest BCUT2D eigenvalue weighted by atomic mass is 10.2. The Bertz CT molecular complexity index is 773. The standard InChI is InChI=1S/C15H12ClNO2S2.BrH/c1-18-11-5-3-4-9(14(11)19-2)15-17-10(8-20-15)12-6-7-13(16)21-12;/h3-8H,1-2H3;1H. The molecule has 0 unspecified atom stereocenters. The van der Waals surface area contributed by atoms with Crippen molar-refractivity contribution in [3.8, 4) is 32.6 Å². The molecule has 0 aliphatic heterocycles. The molecule has 0 saturated heterocycles. The lowest BCUT2D eigenvalue weighted by Gasteiger charge is -2.10. The minimum atomic E-state index is 0. The summed E-state index contributed by atoms with van der Waals surface area (Å²) >= 11 is 9.07. The maximum absolute atomic E-state index is 5.98. The fourth-order valence-electron chi connectivity index (χ4n) is 2.02. The third-order valence-electron chi connectivity index (χ3n) is 2.96. The van der Waals surface area contributed by atoms with Crippen LogP contribution in [0.1, 0.15) is 0 Å². The van der Waals surface area contributed by atoms with Crippen molar-refractivity contribution in [1.29, 1.82) is 0 Å². The minimum Gasteiger partial charge on any atom is -0.493 e. The Morgan fingerprint density at radius 2 is 1.91 bits per heavy atom. The number of aromatic nitrogens is 1. The summed E-state index contributed by atoms with van der Waals surface area (Å²) < 4.78 is 11.6. The van der Waals surface area contributed by atoms with Crippen LogP contribution in [0.15, 0.2) is 35.7 Å². The van der Waals surface area contributed by atoms with E-state index in [-0.39, 0.29) is 17.0 Å². The van der Waals surface area contributed by atoms with Gasteiger partial charge in [0.15, 0.2) is 11.5 Å². The fraction of sp³-hybridized carbons (Fsp3) is 0.133. The van der Waals surface area contributed by atoms with Crippen molar-refractivity contribution < 1.29 is 9.47 Å².